The Hall–Kier alpha value is -1.17. The maximum absolute atomic E-state index is 5.38. The van der Waals surface area contributed by atoms with Crippen molar-refractivity contribution in [2.45, 2.75) is 46.6 Å². The van der Waals surface area contributed by atoms with E-state index in [4.69, 9.17) is 4.52 Å². The second-order valence-electron chi connectivity index (χ2n) is 4.71. The van der Waals surface area contributed by atoms with Crippen LogP contribution in [0.4, 0.5) is 0 Å². The number of guanidine groups is 1. The van der Waals surface area contributed by atoms with E-state index in [1.54, 1.807) is 0 Å². The van der Waals surface area contributed by atoms with Crippen LogP contribution in [-0.4, -0.2) is 36.2 Å². The average Bonchev–Trinajstić information content (AvgIpc) is 2.91. The van der Waals surface area contributed by atoms with Crippen molar-refractivity contribution in [1.82, 2.24) is 15.8 Å². The van der Waals surface area contributed by atoms with Crippen molar-refractivity contribution in [3.05, 3.63) is 17.0 Å². The summed E-state index contributed by atoms with van der Waals surface area (Å²) in [6.45, 7) is 8.67. The van der Waals surface area contributed by atoms with Gasteiger partial charge in [-0.3, -0.25) is 0 Å². The van der Waals surface area contributed by atoms with Gasteiger partial charge in [0.1, 0.15) is 5.76 Å². The number of rotatable bonds is 9. The van der Waals surface area contributed by atoms with Crippen LogP contribution in [-0.2, 0) is 19.4 Å². The maximum Gasteiger partial charge on any atom is 0.191 e. The highest BCUT2D eigenvalue weighted by Gasteiger charge is 2.12. The Morgan fingerprint density at radius 3 is 2.67 bits per heavy atom. The van der Waals surface area contributed by atoms with Gasteiger partial charge in [-0.1, -0.05) is 19.0 Å². The van der Waals surface area contributed by atoms with E-state index in [0.29, 0.717) is 6.54 Å². The van der Waals surface area contributed by atoms with Crippen LogP contribution in [0, 0.1) is 0 Å². The number of nitrogens with one attached hydrogen (secondary N) is 2. The maximum atomic E-state index is 5.38. The highest BCUT2D eigenvalue weighted by molar-refractivity contribution is 7.98. The summed E-state index contributed by atoms with van der Waals surface area (Å²) in [4.78, 5) is 4.66. The zero-order valence-electron chi connectivity index (χ0n) is 13.7. The van der Waals surface area contributed by atoms with Crippen LogP contribution < -0.4 is 10.6 Å². The zero-order chi connectivity index (χ0) is 15.5. The molecular formula is C15H28N4OS. The molecule has 0 unspecified atom stereocenters. The molecule has 0 bridgehead atoms. The second kappa shape index (κ2) is 10.5. The van der Waals surface area contributed by atoms with Gasteiger partial charge in [-0.25, -0.2) is 4.99 Å². The van der Waals surface area contributed by atoms with Gasteiger partial charge in [-0.05, 0) is 31.8 Å². The molecule has 0 aliphatic rings. The fourth-order valence-corrected chi connectivity index (χ4v) is 2.47. The molecule has 0 saturated heterocycles. The molecule has 6 heteroatoms. The summed E-state index contributed by atoms with van der Waals surface area (Å²) in [5.41, 5.74) is 2.16. The minimum atomic E-state index is 0.619. The number of aromatic nitrogens is 1. The van der Waals surface area contributed by atoms with E-state index in [1.807, 2.05) is 11.8 Å². The number of aryl methyl sites for hydroxylation is 2. The van der Waals surface area contributed by atoms with E-state index < -0.39 is 0 Å². The lowest BCUT2D eigenvalue weighted by Crippen LogP contribution is -2.37. The molecule has 0 saturated carbocycles. The molecule has 0 atom stereocenters. The Morgan fingerprint density at radius 2 is 2.05 bits per heavy atom. The normalized spacial score (nSPS) is 11.7. The highest BCUT2D eigenvalue weighted by atomic mass is 32.2. The SMILES string of the molecule is CCNC(=NCc1c(CC)noc1CC)NCCCSC. The lowest BCUT2D eigenvalue weighted by Gasteiger charge is -2.11. The molecular weight excluding hydrogens is 284 g/mol. The Balaban J connectivity index is 2.66. The van der Waals surface area contributed by atoms with Gasteiger partial charge in [0.05, 0.1) is 12.2 Å². The highest BCUT2D eigenvalue weighted by Crippen LogP contribution is 2.16. The molecule has 5 nitrogen and oxygen atoms in total. The molecule has 0 aliphatic carbocycles. The largest absolute Gasteiger partial charge is 0.361 e. The molecule has 1 aromatic heterocycles. The minimum absolute atomic E-state index is 0.619. The summed E-state index contributed by atoms with van der Waals surface area (Å²) in [7, 11) is 0. The Bertz CT molecular complexity index is 410. The molecule has 0 aliphatic heterocycles. The van der Waals surface area contributed by atoms with Crippen LogP contribution in [0.25, 0.3) is 0 Å². The van der Waals surface area contributed by atoms with Crippen molar-refractivity contribution < 1.29 is 4.52 Å². The van der Waals surface area contributed by atoms with E-state index in [1.165, 1.54) is 0 Å². The zero-order valence-corrected chi connectivity index (χ0v) is 14.5. The van der Waals surface area contributed by atoms with Crippen molar-refractivity contribution in [2.24, 2.45) is 4.99 Å². The summed E-state index contributed by atoms with van der Waals surface area (Å²) < 4.78 is 5.38. The molecule has 1 aromatic rings. The first kappa shape index (κ1) is 17.9. The van der Waals surface area contributed by atoms with Crippen LogP contribution >= 0.6 is 11.8 Å². The lowest BCUT2D eigenvalue weighted by molar-refractivity contribution is 0.380. The molecule has 2 N–H and O–H groups in total. The van der Waals surface area contributed by atoms with Gasteiger partial charge in [-0.15, -0.1) is 0 Å². The third-order valence-electron chi connectivity index (χ3n) is 3.16. The topological polar surface area (TPSA) is 62.5 Å². The average molecular weight is 312 g/mol. The summed E-state index contributed by atoms with van der Waals surface area (Å²) in [5, 5.41) is 10.8. The van der Waals surface area contributed by atoms with E-state index in [0.717, 1.165) is 61.1 Å². The van der Waals surface area contributed by atoms with Crippen molar-refractivity contribution in [3.63, 3.8) is 0 Å². The third kappa shape index (κ3) is 5.99. The summed E-state index contributed by atoms with van der Waals surface area (Å²) in [6, 6.07) is 0. The fraction of sp³-hybridized carbons (Fsp3) is 0.733. The smallest absolute Gasteiger partial charge is 0.191 e. The van der Waals surface area contributed by atoms with Crippen LogP contribution in [0.3, 0.4) is 0 Å². The van der Waals surface area contributed by atoms with Gasteiger partial charge in [-0.2, -0.15) is 11.8 Å². The van der Waals surface area contributed by atoms with Crippen LogP contribution in [0.1, 0.15) is 44.2 Å². The lowest BCUT2D eigenvalue weighted by atomic mass is 10.1. The van der Waals surface area contributed by atoms with Gasteiger partial charge in [0.2, 0.25) is 0 Å². The summed E-state index contributed by atoms with van der Waals surface area (Å²) >= 11 is 1.87. The first-order valence-electron chi connectivity index (χ1n) is 7.74. The van der Waals surface area contributed by atoms with Gasteiger partial charge in [0, 0.05) is 25.1 Å². The van der Waals surface area contributed by atoms with Crippen molar-refractivity contribution in [3.8, 4) is 0 Å². The van der Waals surface area contributed by atoms with Crippen molar-refractivity contribution in [2.75, 3.05) is 25.1 Å². The monoisotopic (exact) mass is 312 g/mol. The molecule has 0 amide bonds. The Kier molecular flexibility index (Phi) is 8.98. The molecule has 120 valence electrons. The Labute approximate surface area is 132 Å². The van der Waals surface area contributed by atoms with E-state index in [2.05, 4.69) is 47.8 Å². The van der Waals surface area contributed by atoms with E-state index in [9.17, 15) is 0 Å². The number of hydrogen-bond acceptors (Lipinski definition) is 4. The second-order valence-corrected chi connectivity index (χ2v) is 5.69. The van der Waals surface area contributed by atoms with Crippen LogP contribution in [0.5, 0.6) is 0 Å². The summed E-state index contributed by atoms with van der Waals surface area (Å²) in [5.74, 6) is 2.98. The molecule has 0 fully saturated rings. The van der Waals surface area contributed by atoms with Gasteiger partial charge in [0.25, 0.3) is 0 Å². The van der Waals surface area contributed by atoms with Crippen molar-refractivity contribution >= 4 is 17.7 Å². The molecule has 0 aromatic carbocycles. The van der Waals surface area contributed by atoms with Gasteiger partial charge < -0.3 is 15.2 Å². The van der Waals surface area contributed by atoms with Crippen LogP contribution in [0.2, 0.25) is 0 Å². The summed E-state index contributed by atoms with van der Waals surface area (Å²) in [6.07, 6.45) is 5.00. The standard InChI is InChI=1S/C15H28N4OS/c1-5-13-12(14(6-2)20-19-13)11-18-15(16-7-3)17-9-8-10-21-4/h5-11H2,1-4H3,(H2,16,17,18). The number of thioether (sulfide) groups is 1. The Morgan fingerprint density at radius 1 is 1.24 bits per heavy atom. The molecule has 0 radical (unpaired) electrons. The first-order chi connectivity index (χ1) is 10.3. The van der Waals surface area contributed by atoms with Gasteiger partial charge >= 0.3 is 0 Å². The van der Waals surface area contributed by atoms with E-state index in [-0.39, 0.29) is 0 Å². The quantitative estimate of drug-likeness (QED) is 0.417. The van der Waals surface area contributed by atoms with E-state index >= 15 is 0 Å². The predicted octanol–water partition coefficient (Wildman–Crippen LogP) is 2.61. The molecule has 1 heterocycles. The van der Waals surface area contributed by atoms with Gasteiger partial charge in [0.15, 0.2) is 5.96 Å². The third-order valence-corrected chi connectivity index (χ3v) is 3.86. The fourth-order valence-electron chi connectivity index (χ4n) is 2.04. The first-order valence-corrected chi connectivity index (χ1v) is 9.13. The number of hydrogen-bond donors (Lipinski definition) is 2. The minimum Gasteiger partial charge on any atom is -0.361 e. The molecule has 21 heavy (non-hydrogen) atoms. The van der Waals surface area contributed by atoms with Crippen LogP contribution in [0.15, 0.2) is 9.52 Å². The number of aliphatic imine (C=N–C) groups is 1. The molecule has 1 rings (SSSR count). The predicted molar refractivity (Wildman–Crippen MR) is 91.1 cm³/mol. The number of nitrogens with zero attached hydrogens (tertiary/aromatic N) is 2. The molecule has 0 spiro atoms. The van der Waals surface area contributed by atoms with Crippen molar-refractivity contribution in [1.29, 1.82) is 0 Å².